The van der Waals surface area contributed by atoms with E-state index in [0.29, 0.717) is 17.1 Å². The Morgan fingerprint density at radius 1 is 0.933 bits per heavy atom. The fraction of sp³-hybridized carbons (Fsp3) is 0.136. The number of hydrogen-bond donors (Lipinski definition) is 2. The quantitative estimate of drug-likeness (QED) is 0.589. The summed E-state index contributed by atoms with van der Waals surface area (Å²) in [7, 11) is -3.76. The second-order valence-corrected chi connectivity index (χ2v) is 8.48. The van der Waals surface area contributed by atoms with E-state index in [2.05, 4.69) is 10.0 Å². The van der Waals surface area contributed by atoms with E-state index in [9.17, 15) is 17.6 Å². The first-order valence-electron chi connectivity index (χ1n) is 9.11. The van der Waals surface area contributed by atoms with Crippen LogP contribution in [0, 0.1) is 19.7 Å². The maximum Gasteiger partial charge on any atom is 0.262 e. The summed E-state index contributed by atoms with van der Waals surface area (Å²) < 4.78 is 46.2. The molecule has 30 heavy (non-hydrogen) atoms. The van der Waals surface area contributed by atoms with Gasteiger partial charge in [0.05, 0.1) is 4.90 Å². The van der Waals surface area contributed by atoms with Crippen LogP contribution < -0.4 is 14.8 Å². The number of aryl methyl sites for hydroxylation is 2. The average molecular weight is 428 g/mol. The van der Waals surface area contributed by atoms with E-state index in [1.54, 1.807) is 18.2 Å². The number of carbonyl (C=O) groups is 1. The topological polar surface area (TPSA) is 84.5 Å². The molecule has 3 aromatic carbocycles. The minimum atomic E-state index is -3.76. The molecule has 0 aliphatic rings. The number of carbonyl (C=O) groups excluding carboxylic acids is 1. The second kappa shape index (κ2) is 8.96. The SMILES string of the molecule is Cc1cc(C)cc(NS(=O)(=O)c2ccc(OCC(=O)Nc3cccc(F)c3)cc2)c1. The normalized spacial score (nSPS) is 11.0. The summed E-state index contributed by atoms with van der Waals surface area (Å²) in [5.41, 5.74) is 2.71. The molecule has 0 spiro atoms. The first-order chi connectivity index (χ1) is 14.2. The Kier molecular flexibility index (Phi) is 6.37. The molecule has 0 unspecified atom stereocenters. The van der Waals surface area contributed by atoms with Crippen molar-refractivity contribution in [2.24, 2.45) is 0 Å². The molecule has 0 radical (unpaired) electrons. The lowest BCUT2D eigenvalue weighted by molar-refractivity contribution is -0.118. The van der Waals surface area contributed by atoms with Crippen LogP contribution in [0.2, 0.25) is 0 Å². The molecule has 0 fully saturated rings. The number of ether oxygens (including phenoxy) is 1. The molecule has 0 aliphatic carbocycles. The molecule has 3 aromatic rings. The van der Waals surface area contributed by atoms with Gasteiger partial charge in [0.2, 0.25) is 0 Å². The molecule has 0 saturated heterocycles. The maximum atomic E-state index is 13.1. The zero-order chi connectivity index (χ0) is 21.7. The van der Waals surface area contributed by atoms with Crippen LogP contribution >= 0.6 is 0 Å². The van der Waals surface area contributed by atoms with E-state index >= 15 is 0 Å². The lowest BCUT2D eigenvalue weighted by Crippen LogP contribution is -2.20. The first-order valence-corrected chi connectivity index (χ1v) is 10.6. The summed E-state index contributed by atoms with van der Waals surface area (Å²) in [6.07, 6.45) is 0. The highest BCUT2D eigenvalue weighted by Crippen LogP contribution is 2.21. The summed E-state index contributed by atoms with van der Waals surface area (Å²) in [5, 5.41) is 2.52. The number of amides is 1. The van der Waals surface area contributed by atoms with Crippen molar-refractivity contribution in [2.75, 3.05) is 16.6 Å². The van der Waals surface area contributed by atoms with Gasteiger partial charge < -0.3 is 10.1 Å². The van der Waals surface area contributed by atoms with E-state index < -0.39 is 21.7 Å². The average Bonchev–Trinajstić information content (AvgIpc) is 2.65. The molecule has 0 bridgehead atoms. The van der Waals surface area contributed by atoms with Crippen molar-refractivity contribution in [3.8, 4) is 5.75 Å². The summed E-state index contributed by atoms with van der Waals surface area (Å²) in [6.45, 7) is 3.48. The van der Waals surface area contributed by atoms with Crippen molar-refractivity contribution >= 4 is 27.3 Å². The maximum absolute atomic E-state index is 13.1. The van der Waals surface area contributed by atoms with Crippen LogP contribution in [0.3, 0.4) is 0 Å². The van der Waals surface area contributed by atoms with Gasteiger partial charge in [-0.1, -0.05) is 12.1 Å². The highest BCUT2D eigenvalue weighted by molar-refractivity contribution is 7.92. The van der Waals surface area contributed by atoms with Gasteiger partial charge in [0.25, 0.3) is 15.9 Å². The molecule has 0 aliphatic heterocycles. The van der Waals surface area contributed by atoms with Crippen molar-refractivity contribution in [3.05, 3.63) is 83.7 Å². The van der Waals surface area contributed by atoms with Gasteiger partial charge in [0.1, 0.15) is 11.6 Å². The number of hydrogen-bond acceptors (Lipinski definition) is 4. The fourth-order valence-electron chi connectivity index (χ4n) is 2.87. The van der Waals surface area contributed by atoms with Crippen molar-refractivity contribution < 1.29 is 22.3 Å². The minimum absolute atomic E-state index is 0.0678. The standard InChI is InChI=1S/C22H21FN2O4S/c1-15-10-16(2)12-19(11-15)25-30(27,28)21-8-6-20(7-9-21)29-14-22(26)24-18-5-3-4-17(23)13-18/h3-13,25H,14H2,1-2H3,(H,24,26). The summed E-state index contributed by atoms with van der Waals surface area (Å²) >= 11 is 0. The van der Waals surface area contributed by atoms with Crippen LogP contribution in [0.1, 0.15) is 11.1 Å². The molecular weight excluding hydrogens is 407 g/mol. The van der Waals surface area contributed by atoms with Gasteiger partial charge in [-0.25, -0.2) is 12.8 Å². The predicted molar refractivity (Wildman–Crippen MR) is 114 cm³/mol. The van der Waals surface area contributed by atoms with Gasteiger partial charge in [-0.05, 0) is 79.6 Å². The number of benzene rings is 3. The van der Waals surface area contributed by atoms with Gasteiger partial charge in [0, 0.05) is 11.4 Å². The molecule has 1 amide bonds. The van der Waals surface area contributed by atoms with Crippen molar-refractivity contribution in [1.82, 2.24) is 0 Å². The van der Waals surface area contributed by atoms with Gasteiger partial charge >= 0.3 is 0 Å². The molecule has 0 saturated carbocycles. The highest BCUT2D eigenvalue weighted by Gasteiger charge is 2.15. The van der Waals surface area contributed by atoms with Crippen LogP contribution in [0.25, 0.3) is 0 Å². The molecule has 6 nitrogen and oxygen atoms in total. The molecular formula is C22H21FN2O4S. The van der Waals surface area contributed by atoms with E-state index in [1.165, 1.54) is 42.5 Å². The Balaban J connectivity index is 1.60. The Hall–Kier alpha value is -3.39. The Morgan fingerprint density at radius 3 is 2.23 bits per heavy atom. The van der Waals surface area contributed by atoms with Gasteiger partial charge in [0.15, 0.2) is 6.61 Å². The number of halogens is 1. The number of rotatable bonds is 7. The Bertz CT molecular complexity index is 1140. The second-order valence-electron chi connectivity index (χ2n) is 6.80. The van der Waals surface area contributed by atoms with Crippen LogP contribution in [0.4, 0.5) is 15.8 Å². The molecule has 2 N–H and O–H groups in total. The third kappa shape index (κ3) is 5.81. The fourth-order valence-corrected chi connectivity index (χ4v) is 3.92. The number of nitrogens with one attached hydrogen (secondary N) is 2. The summed E-state index contributed by atoms with van der Waals surface area (Å²) in [4.78, 5) is 12.0. The monoisotopic (exact) mass is 428 g/mol. The Morgan fingerprint density at radius 2 is 1.60 bits per heavy atom. The van der Waals surface area contributed by atoms with Crippen molar-refractivity contribution in [3.63, 3.8) is 0 Å². The highest BCUT2D eigenvalue weighted by atomic mass is 32.2. The lowest BCUT2D eigenvalue weighted by atomic mass is 10.1. The molecule has 0 heterocycles. The number of anilines is 2. The van der Waals surface area contributed by atoms with Crippen LogP contribution in [-0.4, -0.2) is 20.9 Å². The largest absolute Gasteiger partial charge is 0.484 e. The predicted octanol–water partition coefficient (Wildman–Crippen LogP) is 4.26. The van der Waals surface area contributed by atoms with Crippen LogP contribution in [0.15, 0.2) is 71.6 Å². The van der Waals surface area contributed by atoms with Gasteiger partial charge in [-0.2, -0.15) is 0 Å². The molecule has 0 atom stereocenters. The first kappa shape index (κ1) is 21.3. The van der Waals surface area contributed by atoms with E-state index in [1.807, 2.05) is 19.9 Å². The van der Waals surface area contributed by atoms with Crippen LogP contribution in [-0.2, 0) is 14.8 Å². The third-order valence-electron chi connectivity index (χ3n) is 4.09. The van der Waals surface area contributed by atoms with E-state index in [0.717, 1.165) is 11.1 Å². The molecule has 8 heteroatoms. The number of sulfonamides is 1. The van der Waals surface area contributed by atoms with Crippen molar-refractivity contribution in [2.45, 2.75) is 18.7 Å². The summed E-state index contributed by atoms with van der Waals surface area (Å²) in [6, 6.07) is 16.7. The van der Waals surface area contributed by atoms with Crippen LogP contribution in [0.5, 0.6) is 5.75 Å². The molecule has 3 rings (SSSR count). The van der Waals surface area contributed by atoms with Gasteiger partial charge in [-0.15, -0.1) is 0 Å². The van der Waals surface area contributed by atoms with Crippen molar-refractivity contribution in [1.29, 1.82) is 0 Å². The minimum Gasteiger partial charge on any atom is -0.484 e. The van der Waals surface area contributed by atoms with Gasteiger partial charge in [-0.3, -0.25) is 9.52 Å². The zero-order valence-corrected chi connectivity index (χ0v) is 17.3. The Labute approximate surface area is 174 Å². The zero-order valence-electron chi connectivity index (χ0n) is 16.5. The summed E-state index contributed by atoms with van der Waals surface area (Å²) in [5.74, 6) is -0.594. The lowest BCUT2D eigenvalue weighted by Gasteiger charge is -2.11. The van der Waals surface area contributed by atoms with E-state index in [-0.39, 0.29) is 11.5 Å². The molecule has 156 valence electrons. The molecule has 0 aromatic heterocycles. The van der Waals surface area contributed by atoms with E-state index in [4.69, 9.17) is 4.74 Å². The smallest absolute Gasteiger partial charge is 0.262 e. The third-order valence-corrected chi connectivity index (χ3v) is 5.48.